The Morgan fingerprint density at radius 2 is 1.94 bits per heavy atom. The van der Waals surface area contributed by atoms with E-state index in [0.29, 0.717) is 57.5 Å². The monoisotopic (exact) mass is 503 g/mol. The zero-order valence-electron chi connectivity index (χ0n) is 21.0. The van der Waals surface area contributed by atoms with Gasteiger partial charge in [0.05, 0.1) is 30.8 Å². The Bertz CT molecular complexity index is 1150. The Kier molecular flexibility index (Phi) is 7.73. The highest BCUT2D eigenvalue weighted by Crippen LogP contribution is 2.41. The Balaban J connectivity index is 1.51. The van der Waals surface area contributed by atoms with Gasteiger partial charge in [-0.1, -0.05) is 11.6 Å². The van der Waals surface area contributed by atoms with Crippen molar-refractivity contribution in [2.75, 3.05) is 21.2 Å². The number of nitrogens with one attached hydrogen (secondary N) is 2. The maximum absolute atomic E-state index is 13.1. The summed E-state index contributed by atoms with van der Waals surface area (Å²) in [6.07, 6.45) is 3.93. The number of aromatic amines is 1. The summed E-state index contributed by atoms with van der Waals surface area (Å²) in [6, 6.07) is 3.95. The molecule has 9 heteroatoms. The van der Waals surface area contributed by atoms with Crippen LogP contribution in [0.2, 0.25) is 5.02 Å². The summed E-state index contributed by atoms with van der Waals surface area (Å²) in [4.78, 5) is 30.5. The van der Waals surface area contributed by atoms with Crippen LogP contribution < -0.4 is 20.3 Å². The van der Waals surface area contributed by atoms with Crippen LogP contribution in [0, 0.1) is 19.8 Å². The number of carbonyl (C=O) groups is 1. The second-order valence-electron chi connectivity index (χ2n) is 9.68. The second-order valence-corrected chi connectivity index (χ2v) is 10.1. The first-order chi connectivity index (χ1) is 16.7. The van der Waals surface area contributed by atoms with Gasteiger partial charge in [0, 0.05) is 34.3 Å². The first-order valence-electron chi connectivity index (χ1n) is 12.0. The van der Waals surface area contributed by atoms with E-state index in [-0.39, 0.29) is 24.3 Å². The number of halogens is 1. The molecule has 0 radical (unpaired) electrons. The molecule has 4 rings (SSSR count). The van der Waals surface area contributed by atoms with Crippen molar-refractivity contribution in [3.05, 3.63) is 55.5 Å². The van der Waals surface area contributed by atoms with Gasteiger partial charge in [0.2, 0.25) is 6.29 Å². The Labute approximate surface area is 210 Å². The van der Waals surface area contributed by atoms with Gasteiger partial charge in [-0.2, -0.15) is 0 Å². The summed E-state index contributed by atoms with van der Waals surface area (Å²) in [5.74, 6) is 1.02. The largest absolute Gasteiger partial charge is 0.496 e. The molecule has 1 saturated carbocycles. The molecule has 2 aliphatic rings. The molecule has 1 fully saturated rings. The number of benzene rings is 1. The lowest BCUT2D eigenvalue weighted by Gasteiger charge is -2.38. The predicted molar refractivity (Wildman–Crippen MR) is 134 cm³/mol. The average molecular weight is 504 g/mol. The van der Waals surface area contributed by atoms with E-state index >= 15 is 0 Å². The average Bonchev–Trinajstić information content (AvgIpc) is 2.84. The lowest BCUT2D eigenvalue weighted by molar-refractivity contribution is -0.148. The molecular formula is C26H34ClN3O5. The maximum Gasteiger partial charge on any atom is 0.256 e. The van der Waals surface area contributed by atoms with E-state index in [9.17, 15) is 9.59 Å². The zero-order valence-corrected chi connectivity index (χ0v) is 21.8. The first kappa shape index (κ1) is 25.5. The van der Waals surface area contributed by atoms with Crippen molar-refractivity contribution in [2.45, 2.75) is 65.0 Å². The number of pyridine rings is 1. The number of ether oxygens (including phenoxy) is 3. The van der Waals surface area contributed by atoms with Gasteiger partial charge in [-0.25, -0.2) is 0 Å². The summed E-state index contributed by atoms with van der Waals surface area (Å²) in [5.41, 5.74) is 2.62. The zero-order chi connectivity index (χ0) is 25.3. The fourth-order valence-corrected chi connectivity index (χ4v) is 5.30. The Hall–Kier alpha value is -2.55. The molecule has 1 unspecified atom stereocenters. The van der Waals surface area contributed by atoms with Gasteiger partial charge in [-0.05, 0) is 65.8 Å². The molecule has 1 aliphatic heterocycles. The van der Waals surface area contributed by atoms with Crippen LogP contribution in [0.5, 0.6) is 11.5 Å². The normalized spacial score (nSPS) is 21.9. The molecule has 2 heterocycles. The highest BCUT2D eigenvalue weighted by molar-refractivity contribution is 6.32. The lowest BCUT2D eigenvalue weighted by Crippen LogP contribution is -2.39. The minimum Gasteiger partial charge on any atom is -0.496 e. The van der Waals surface area contributed by atoms with Crippen molar-refractivity contribution in [3.8, 4) is 11.5 Å². The lowest BCUT2D eigenvalue weighted by atomic mass is 9.85. The van der Waals surface area contributed by atoms with Crippen LogP contribution in [-0.2, 0) is 17.9 Å². The third kappa shape index (κ3) is 5.34. The fraction of sp³-hybridized carbons (Fsp3) is 0.538. The third-order valence-electron chi connectivity index (χ3n) is 7.18. The van der Waals surface area contributed by atoms with E-state index in [1.54, 1.807) is 19.1 Å². The van der Waals surface area contributed by atoms with E-state index in [1.807, 2.05) is 6.92 Å². The van der Waals surface area contributed by atoms with E-state index in [4.69, 9.17) is 25.8 Å². The molecule has 190 valence electrons. The second kappa shape index (κ2) is 10.6. The Morgan fingerprint density at radius 3 is 2.60 bits per heavy atom. The minimum atomic E-state index is -0.353. The molecule has 35 heavy (non-hydrogen) atoms. The smallest absolute Gasteiger partial charge is 0.256 e. The number of H-pyrrole nitrogens is 1. The minimum absolute atomic E-state index is 0.0213. The molecule has 0 saturated heterocycles. The van der Waals surface area contributed by atoms with E-state index < -0.39 is 0 Å². The number of hydrogen-bond acceptors (Lipinski definition) is 6. The Morgan fingerprint density at radius 1 is 1.23 bits per heavy atom. The standard InChI is InChI=1S/C26H34ClN3O5/c1-14-10-22(33-5)19(25(32)29-14)12-28-24(31)18-11-21(27)20-13-34-26(35-23(20)15(18)2)16-6-8-17(9-7-16)30(3)4/h10-11,16-17,26H,6-9,12-13H2,1-5H3,(H,28,31)(H,29,32). The van der Waals surface area contributed by atoms with Crippen molar-refractivity contribution in [1.29, 1.82) is 0 Å². The van der Waals surface area contributed by atoms with E-state index in [1.165, 1.54) is 7.11 Å². The van der Waals surface area contributed by atoms with E-state index in [2.05, 4.69) is 29.3 Å². The number of aryl methyl sites for hydroxylation is 1. The van der Waals surface area contributed by atoms with Crippen molar-refractivity contribution in [1.82, 2.24) is 15.2 Å². The number of fused-ring (bicyclic) bond motifs is 1. The van der Waals surface area contributed by atoms with Gasteiger partial charge < -0.3 is 29.4 Å². The summed E-state index contributed by atoms with van der Waals surface area (Å²) < 4.78 is 17.7. The molecule has 0 spiro atoms. The van der Waals surface area contributed by atoms with Crippen LogP contribution in [-0.4, -0.2) is 49.3 Å². The van der Waals surface area contributed by atoms with Crippen LogP contribution in [0.1, 0.15) is 58.4 Å². The highest BCUT2D eigenvalue weighted by Gasteiger charge is 2.35. The van der Waals surface area contributed by atoms with Crippen molar-refractivity contribution >= 4 is 17.5 Å². The molecule has 1 amide bonds. The third-order valence-corrected chi connectivity index (χ3v) is 7.52. The summed E-state index contributed by atoms with van der Waals surface area (Å²) in [5, 5.41) is 3.25. The number of carbonyl (C=O) groups excluding carboxylic acids is 1. The van der Waals surface area contributed by atoms with Crippen molar-refractivity contribution < 1.29 is 19.0 Å². The van der Waals surface area contributed by atoms with Gasteiger partial charge in [0.15, 0.2) is 0 Å². The molecule has 2 N–H and O–H groups in total. The SMILES string of the molecule is COc1cc(C)[nH]c(=O)c1CNC(=O)c1cc(Cl)c2c(c1C)OC(C1CCC(N(C)C)CC1)OC2. The molecule has 0 bridgehead atoms. The number of rotatable bonds is 6. The molecule has 1 aliphatic carbocycles. The van der Waals surface area contributed by atoms with Crippen LogP contribution >= 0.6 is 11.6 Å². The van der Waals surface area contributed by atoms with Gasteiger partial charge in [-0.15, -0.1) is 0 Å². The fourth-order valence-electron chi connectivity index (χ4n) is 5.05. The van der Waals surface area contributed by atoms with Crippen LogP contribution in [0.25, 0.3) is 0 Å². The molecule has 1 atom stereocenters. The molecule has 8 nitrogen and oxygen atoms in total. The number of nitrogens with zero attached hydrogens (tertiary/aromatic N) is 1. The van der Waals surface area contributed by atoms with Crippen LogP contribution in [0.3, 0.4) is 0 Å². The quantitative estimate of drug-likeness (QED) is 0.620. The number of aromatic nitrogens is 1. The van der Waals surface area contributed by atoms with Gasteiger partial charge in [-0.3, -0.25) is 9.59 Å². The predicted octanol–water partition coefficient (Wildman–Crippen LogP) is 3.94. The van der Waals surface area contributed by atoms with Gasteiger partial charge >= 0.3 is 0 Å². The van der Waals surface area contributed by atoms with Gasteiger partial charge in [0.25, 0.3) is 11.5 Å². The van der Waals surface area contributed by atoms with Crippen LogP contribution in [0.4, 0.5) is 0 Å². The summed E-state index contributed by atoms with van der Waals surface area (Å²) in [7, 11) is 5.74. The van der Waals surface area contributed by atoms with Crippen LogP contribution in [0.15, 0.2) is 16.9 Å². The highest BCUT2D eigenvalue weighted by atomic mass is 35.5. The summed E-state index contributed by atoms with van der Waals surface area (Å²) >= 11 is 6.54. The van der Waals surface area contributed by atoms with Crippen molar-refractivity contribution in [2.24, 2.45) is 5.92 Å². The molecule has 2 aromatic rings. The topological polar surface area (TPSA) is 92.9 Å². The maximum atomic E-state index is 13.1. The molecule has 1 aromatic heterocycles. The van der Waals surface area contributed by atoms with E-state index in [0.717, 1.165) is 31.2 Å². The number of hydrogen-bond donors (Lipinski definition) is 2. The first-order valence-corrected chi connectivity index (χ1v) is 12.4. The van der Waals surface area contributed by atoms with Crippen molar-refractivity contribution in [3.63, 3.8) is 0 Å². The number of methoxy groups -OCH3 is 1. The molecule has 1 aromatic carbocycles. The number of amides is 1. The molecular weight excluding hydrogens is 470 g/mol. The summed E-state index contributed by atoms with van der Waals surface area (Å²) in [6.45, 7) is 4.00. The van der Waals surface area contributed by atoms with Gasteiger partial charge in [0.1, 0.15) is 11.5 Å².